The zero-order valence-corrected chi connectivity index (χ0v) is 80.8. The Hall–Kier alpha value is -19.1. The molecule has 32 rings (SSSR count). The molecule has 0 unspecified atom stereocenters. The largest absolute Gasteiger partial charge is 0.309 e. The summed E-state index contributed by atoms with van der Waals surface area (Å²) in [6.07, 6.45) is 0. The molecule has 25 aromatic carbocycles. The van der Waals surface area contributed by atoms with E-state index in [2.05, 4.69) is 563 Å². The summed E-state index contributed by atoms with van der Waals surface area (Å²) in [5.41, 5.74) is 34.5. The first kappa shape index (κ1) is 83.6. The number of nitrogens with zero attached hydrogens (tertiary/aromatic N) is 6. The van der Waals surface area contributed by atoms with Crippen molar-refractivity contribution in [3.63, 3.8) is 0 Å². The van der Waals surface area contributed by atoms with Crippen LogP contribution in [0.5, 0.6) is 0 Å². The Kier molecular flexibility index (Phi) is 18.8. The molecule has 686 valence electrons. The Balaban J connectivity index is 0.000000102. The Labute approximate surface area is 847 Å². The van der Waals surface area contributed by atoms with Gasteiger partial charge in [-0.2, -0.15) is 0 Å². The van der Waals surface area contributed by atoms with Gasteiger partial charge in [-0.25, -0.2) is 0 Å². The van der Waals surface area contributed by atoms with Gasteiger partial charge in [0.2, 0.25) is 0 Å². The molecule has 0 bridgehead atoms. The van der Waals surface area contributed by atoms with E-state index in [1.54, 1.807) is 0 Å². The lowest BCUT2D eigenvalue weighted by Gasteiger charge is -2.22. The number of para-hydroxylation sites is 8. The molecule has 6 heteroatoms. The molecule has 147 heavy (non-hydrogen) atoms. The van der Waals surface area contributed by atoms with Gasteiger partial charge in [0.05, 0.1) is 71.9 Å². The second-order valence-corrected chi connectivity index (χ2v) is 40.1. The Morgan fingerprint density at radius 3 is 0.755 bits per heavy atom. The van der Waals surface area contributed by atoms with Crippen molar-refractivity contribution in [1.82, 2.24) is 27.4 Å². The zero-order valence-electron chi connectivity index (χ0n) is 80.8. The van der Waals surface area contributed by atoms with Gasteiger partial charge < -0.3 is 27.4 Å². The first-order chi connectivity index (χ1) is 72.7. The van der Waals surface area contributed by atoms with Crippen molar-refractivity contribution in [2.45, 2.75) is 19.3 Å². The molecule has 0 saturated heterocycles. The van der Waals surface area contributed by atoms with E-state index >= 15 is 0 Å². The van der Waals surface area contributed by atoms with E-state index in [1.807, 2.05) is 0 Å². The Morgan fingerprint density at radius 1 is 0.129 bits per heavy atom. The molecule has 0 spiro atoms. The molecule has 0 N–H and O–H groups in total. The highest BCUT2D eigenvalue weighted by molar-refractivity contribution is 6.21. The lowest BCUT2D eigenvalue weighted by molar-refractivity contribution is 0.660. The van der Waals surface area contributed by atoms with Crippen molar-refractivity contribution in [3.05, 3.63) is 533 Å². The number of benzene rings is 25. The summed E-state index contributed by atoms with van der Waals surface area (Å²) in [6, 6.07) is 192. The third-order valence-electron chi connectivity index (χ3n) is 31.9. The van der Waals surface area contributed by atoms with Crippen LogP contribution >= 0.6 is 0 Å². The first-order valence-electron chi connectivity index (χ1n) is 51.0. The van der Waals surface area contributed by atoms with Gasteiger partial charge in [-0.1, -0.05) is 360 Å². The van der Waals surface area contributed by atoms with Gasteiger partial charge in [-0.15, -0.1) is 0 Å². The van der Waals surface area contributed by atoms with Crippen molar-refractivity contribution in [2.24, 2.45) is 0 Å². The number of hydrogen-bond acceptors (Lipinski definition) is 0. The van der Waals surface area contributed by atoms with Crippen LogP contribution in [0.25, 0.3) is 274 Å². The van der Waals surface area contributed by atoms with Gasteiger partial charge in [0, 0.05) is 104 Å². The zero-order chi connectivity index (χ0) is 96.8. The van der Waals surface area contributed by atoms with Gasteiger partial charge in [-0.3, -0.25) is 0 Å². The summed E-state index contributed by atoms with van der Waals surface area (Å²) in [5.74, 6) is 0. The van der Waals surface area contributed by atoms with E-state index in [-0.39, 0.29) is 5.41 Å². The van der Waals surface area contributed by atoms with Crippen LogP contribution in [0.15, 0.2) is 522 Å². The summed E-state index contributed by atoms with van der Waals surface area (Å²) in [4.78, 5) is 0. The molecular formula is C141H92N6. The van der Waals surface area contributed by atoms with Crippen LogP contribution in [0.3, 0.4) is 0 Å². The molecule has 6 heterocycles. The molecule has 0 aliphatic heterocycles. The third-order valence-corrected chi connectivity index (χ3v) is 31.9. The van der Waals surface area contributed by atoms with Crippen molar-refractivity contribution in [1.29, 1.82) is 0 Å². The quantitative estimate of drug-likeness (QED) is 0.129. The van der Waals surface area contributed by atoms with Gasteiger partial charge in [-0.05, 0) is 291 Å². The van der Waals surface area contributed by atoms with E-state index < -0.39 is 0 Å². The van der Waals surface area contributed by atoms with Crippen LogP contribution in [-0.4, -0.2) is 27.4 Å². The molecular weight excluding hydrogens is 1780 g/mol. The van der Waals surface area contributed by atoms with Crippen LogP contribution in [-0.2, 0) is 5.41 Å². The summed E-state index contributed by atoms with van der Waals surface area (Å²) in [5, 5.41) is 30.4. The second kappa shape index (κ2) is 33.0. The highest BCUT2D eigenvalue weighted by Crippen LogP contribution is 2.52. The van der Waals surface area contributed by atoms with Crippen molar-refractivity contribution in [3.8, 4) is 78.6 Å². The summed E-state index contributed by atoms with van der Waals surface area (Å²) in [7, 11) is 0. The predicted octanol–water partition coefficient (Wildman–Crippen LogP) is 37.9. The number of fused-ring (bicyclic) bond motifs is 30. The molecule has 6 aromatic heterocycles. The van der Waals surface area contributed by atoms with Gasteiger partial charge >= 0.3 is 0 Å². The highest BCUT2D eigenvalue weighted by atomic mass is 15.0. The maximum Gasteiger partial charge on any atom is 0.0546 e. The van der Waals surface area contributed by atoms with E-state index in [0.717, 1.165) is 0 Å². The molecule has 31 aromatic rings. The summed E-state index contributed by atoms with van der Waals surface area (Å²) >= 11 is 0. The normalized spacial score (nSPS) is 12.5. The van der Waals surface area contributed by atoms with Crippen LogP contribution in [0.1, 0.15) is 25.0 Å². The molecule has 6 nitrogen and oxygen atoms in total. The lowest BCUT2D eigenvalue weighted by atomic mass is 9.82. The molecule has 0 saturated carbocycles. The van der Waals surface area contributed by atoms with Gasteiger partial charge in [0.25, 0.3) is 0 Å². The van der Waals surface area contributed by atoms with Crippen LogP contribution in [0, 0.1) is 0 Å². The minimum atomic E-state index is -0.0455. The average Bonchev–Trinajstić information content (AvgIpc) is 1.63. The number of hydrogen-bond donors (Lipinski definition) is 0. The van der Waals surface area contributed by atoms with Gasteiger partial charge in [0.1, 0.15) is 0 Å². The van der Waals surface area contributed by atoms with Crippen molar-refractivity contribution < 1.29 is 0 Å². The van der Waals surface area contributed by atoms with E-state index in [9.17, 15) is 0 Å². The maximum atomic E-state index is 2.46. The number of rotatable bonds is 9. The molecule has 0 atom stereocenters. The molecule has 0 radical (unpaired) electrons. The fourth-order valence-electron chi connectivity index (χ4n) is 25.0. The minimum absolute atomic E-state index is 0.0455. The minimum Gasteiger partial charge on any atom is -0.309 e. The number of aromatic nitrogens is 6. The topological polar surface area (TPSA) is 29.6 Å². The predicted molar refractivity (Wildman–Crippen MR) is 624 cm³/mol. The summed E-state index contributed by atoms with van der Waals surface area (Å²) in [6.45, 7) is 4.71. The van der Waals surface area contributed by atoms with E-state index in [0.29, 0.717) is 0 Å². The van der Waals surface area contributed by atoms with Crippen LogP contribution in [0.4, 0.5) is 0 Å². The Bertz CT molecular complexity index is 10700. The van der Waals surface area contributed by atoms with Crippen LogP contribution in [0.2, 0.25) is 0 Å². The second-order valence-electron chi connectivity index (χ2n) is 40.1. The Morgan fingerprint density at radius 2 is 0.374 bits per heavy atom. The highest BCUT2D eigenvalue weighted by Gasteiger charge is 2.36. The van der Waals surface area contributed by atoms with Crippen molar-refractivity contribution in [2.75, 3.05) is 0 Å². The average molecular weight is 1870 g/mol. The van der Waals surface area contributed by atoms with E-state index in [1.165, 1.54) is 285 Å². The fourth-order valence-corrected chi connectivity index (χ4v) is 25.0. The van der Waals surface area contributed by atoms with E-state index in [4.69, 9.17) is 0 Å². The van der Waals surface area contributed by atoms with Gasteiger partial charge in [0.15, 0.2) is 0 Å². The lowest BCUT2D eigenvalue weighted by Crippen LogP contribution is -2.15. The summed E-state index contributed by atoms with van der Waals surface area (Å²) < 4.78 is 14.5. The third kappa shape index (κ3) is 13.1. The fraction of sp³-hybridized carbons (Fsp3) is 0.0213. The molecule has 0 amide bonds. The molecule has 0 fully saturated rings. The standard InChI is InChI=1S/C52H32N2.C45H32N2.C44H28N2/c1-3-11-41-33(9-1)17-19-37-29-39(23-25-43(37)41)53-49-15-7-5-13-45(49)47-31-35(21-27-51(47)53)36-22-28-52-48(32-36)46-14-6-8-16-50(46)54(52)40-24-26-44-38(30-40)20-18-34-10-2-4-12-42(34)44;1-45(2)39-17-9-6-14-33(39)34-23-22-32(28-40(34)45)47-42-19-11-8-16-36(42)38-27-30(21-25-44(38)47)29-20-24-43-37(26-29)35-15-7-10-18-41(35)46(43)31-12-4-3-5-13-31;1-2-13-32(14-3-1)45-40-20-10-8-18-36(40)38-26-29(22-24-42(38)45)30-23-25-43-39(27-30)37-19-9-11-21-41(37)46(43)44-28-31-12-4-5-15-33(31)34-16-6-7-17-35(34)44/h1-32H;3-28H,1-2H3;1-28H. The maximum absolute atomic E-state index is 2.46. The monoisotopic (exact) mass is 1870 g/mol. The first-order valence-corrected chi connectivity index (χ1v) is 51.0. The molecule has 1 aliphatic rings. The van der Waals surface area contributed by atoms with Crippen LogP contribution < -0.4 is 0 Å². The smallest absolute Gasteiger partial charge is 0.0546 e. The molecule has 1 aliphatic carbocycles. The van der Waals surface area contributed by atoms with Crippen molar-refractivity contribution >= 4 is 195 Å². The SMILES string of the molecule is CC1(C)c2ccccc2-c2ccc(-n3c4ccccc4c4cc(-c5ccc6c(c5)c5ccccc5n6-c5ccccc5)ccc43)cc21.c1ccc(-n2c3ccccc3c3cc(-c4ccc5c(c4)c4ccccc4n5-c4cc5ccccc5c5ccccc45)ccc32)cc1.c1ccc2c(c1)ccc1cc(-n3c4ccccc4c4cc(-c5ccc6c(c5)c5ccccc5n6-c5ccc6c(ccc7ccccc76)c5)ccc43)ccc12.